The fourth-order valence-electron chi connectivity index (χ4n) is 3.17. The molecule has 1 heterocycles. The summed E-state index contributed by atoms with van der Waals surface area (Å²) in [6.07, 6.45) is 6.65. The van der Waals surface area contributed by atoms with Crippen LogP contribution in [-0.2, 0) is 4.79 Å². The van der Waals surface area contributed by atoms with Crippen molar-refractivity contribution in [2.75, 3.05) is 12.3 Å². The molecular weight excluding hydrogens is 289 g/mol. The Morgan fingerprint density at radius 2 is 1.95 bits per heavy atom. The van der Waals surface area contributed by atoms with Crippen LogP contribution in [0, 0.1) is 5.92 Å². The number of carbonyl (C=O) groups is 1. The number of hydrogen-bond acceptors (Lipinski definition) is 3. The Morgan fingerprint density at radius 3 is 2.70 bits per heavy atom. The molecule has 3 unspecified atom stereocenters. The van der Waals surface area contributed by atoms with Crippen LogP contribution in [0.25, 0.3) is 0 Å². The van der Waals surface area contributed by atoms with E-state index >= 15 is 0 Å². The minimum Gasteiger partial charge on any atom is -0.354 e. The molecule has 20 heavy (non-hydrogen) atoms. The Morgan fingerprint density at radius 1 is 1.20 bits per heavy atom. The van der Waals surface area contributed by atoms with Crippen LogP contribution >= 0.6 is 11.8 Å². The van der Waals surface area contributed by atoms with Crippen molar-refractivity contribution in [1.82, 2.24) is 10.6 Å². The predicted molar refractivity (Wildman–Crippen MR) is 73.4 cm³/mol. The van der Waals surface area contributed by atoms with Gasteiger partial charge < -0.3 is 10.6 Å². The highest BCUT2D eigenvalue weighted by Gasteiger charge is 2.34. The molecular formula is C13H21F3N2OS. The maximum Gasteiger partial charge on any atom is 0.441 e. The average molecular weight is 310 g/mol. The van der Waals surface area contributed by atoms with Gasteiger partial charge in [-0.05, 0) is 43.4 Å². The predicted octanol–water partition coefficient (Wildman–Crippen LogP) is 2.67. The first-order valence-corrected chi connectivity index (χ1v) is 8.19. The van der Waals surface area contributed by atoms with E-state index in [2.05, 4.69) is 10.6 Å². The summed E-state index contributed by atoms with van der Waals surface area (Å²) in [5.74, 6) is 0.388. The van der Waals surface area contributed by atoms with Gasteiger partial charge in [-0.3, -0.25) is 4.79 Å². The van der Waals surface area contributed by atoms with Gasteiger partial charge in [0.1, 0.15) is 0 Å². The largest absolute Gasteiger partial charge is 0.441 e. The summed E-state index contributed by atoms with van der Waals surface area (Å²) in [5, 5.41) is 5.97. The lowest BCUT2D eigenvalue weighted by molar-refractivity contribution is -0.124. The molecule has 2 rings (SSSR count). The molecule has 7 heteroatoms. The van der Waals surface area contributed by atoms with E-state index in [0.717, 1.165) is 19.3 Å². The average Bonchev–Trinajstić information content (AvgIpc) is 2.42. The first-order valence-electron chi connectivity index (χ1n) is 7.20. The first-order chi connectivity index (χ1) is 9.46. The molecule has 3 atom stereocenters. The van der Waals surface area contributed by atoms with Crippen molar-refractivity contribution < 1.29 is 18.0 Å². The highest BCUT2D eigenvalue weighted by atomic mass is 32.2. The van der Waals surface area contributed by atoms with E-state index in [-0.39, 0.29) is 36.0 Å². The zero-order valence-corrected chi connectivity index (χ0v) is 12.2. The van der Waals surface area contributed by atoms with Gasteiger partial charge in [0.05, 0.1) is 6.04 Å². The smallest absolute Gasteiger partial charge is 0.354 e. The lowest BCUT2D eigenvalue weighted by Crippen LogP contribution is -2.55. The minimum absolute atomic E-state index is 0.0648. The van der Waals surface area contributed by atoms with Crippen molar-refractivity contribution in [3.8, 4) is 0 Å². The number of thioether (sulfide) groups is 1. The molecule has 0 bridgehead atoms. The van der Waals surface area contributed by atoms with Crippen LogP contribution < -0.4 is 10.6 Å². The highest BCUT2D eigenvalue weighted by molar-refractivity contribution is 8.00. The van der Waals surface area contributed by atoms with Gasteiger partial charge in [-0.1, -0.05) is 12.8 Å². The Balaban J connectivity index is 1.68. The molecule has 1 amide bonds. The summed E-state index contributed by atoms with van der Waals surface area (Å²) in [7, 11) is 0. The van der Waals surface area contributed by atoms with Crippen LogP contribution in [0.5, 0.6) is 0 Å². The van der Waals surface area contributed by atoms with E-state index in [9.17, 15) is 18.0 Å². The molecule has 0 aromatic carbocycles. The maximum absolute atomic E-state index is 12.0. The summed E-state index contributed by atoms with van der Waals surface area (Å²) in [5.41, 5.74) is -4.22. The van der Waals surface area contributed by atoms with Crippen molar-refractivity contribution >= 4 is 17.7 Å². The lowest BCUT2D eigenvalue weighted by atomic mass is 9.77. The molecule has 0 spiro atoms. The third-order valence-corrected chi connectivity index (χ3v) is 4.87. The monoisotopic (exact) mass is 310 g/mol. The van der Waals surface area contributed by atoms with Gasteiger partial charge in [0.2, 0.25) is 5.91 Å². The van der Waals surface area contributed by atoms with E-state index < -0.39 is 5.51 Å². The number of hydrogen-bond donors (Lipinski definition) is 2. The zero-order valence-electron chi connectivity index (χ0n) is 11.3. The van der Waals surface area contributed by atoms with E-state index in [1.54, 1.807) is 0 Å². The summed E-state index contributed by atoms with van der Waals surface area (Å²) < 4.78 is 35.9. The van der Waals surface area contributed by atoms with Crippen molar-refractivity contribution in [2.24, 2.45) is 5.92 Å². The Labute approximate surface area is 121 Å². The second-order valence-electron chi connectivity index (χ2n) is 5.53. The van der Waals surface area contributed by atoms with E-state index in [1.807, 2.05) is 0 Å². The quantitative estimate of drug-likeness (QED) is 0.785. The van der Waals surface area contributed by atoms with E-state index in [0.29, 0.717) is 12.0 Å². The molecule has 1 aliphatic carbocycles. The van der Waals surface area contributed by atoms with Gasteiger partial charge >= 0.3 is 5.51 Å². The summed E-state index contributed by atoms with van der Waals surface area (Å²) in [4.78, 5) is 11.9. The molecule has 1 saturated carbocycles. The van der Waals surface area contributed by atoms with Crippen molar-refractivity contribution in [2.45, 2.75) is 56.1 Å². The fraction of sp³-hybridized carbons (Fsp3) is 0.923. The van der Waals surface area contributed by atoms with Gasteiger partial charge in [0, 0.05) is 18.3 Å². The number of carbonyl (C=O) groups excluding carboxylic acids is 1. The molecule has 1 saturated heterocycles. The molecule has 2 N–H and O–H groups in total. The summed E-state index contributed by atoms with van der Waals surface area (Å²) in [6, 6.07) is 0.183. The number of alkyl halides is 3. The summed E-state index contributed by atoms with van der Waals surface area (Å²) >= 11 is -0.0947. The van der Waals surface area contributed by atoms with Gasteiger partial charge in [-0.25, -0.2) is 0 Å². The van der Waals surface area contributed by atoms with Crippen LogP contribution in [-0.4, -0.2) is 35.8 Å². The van der Waals surface area contributed by atoms with Crippen molar-refractivity contribution in [3.63, 3.8) is 0 Å². The van der Waals surface area contributed by atoms with Crippen molar-refractivity contribution in [3.05, 3.63) is 0 Å². The molecule has 2 fully saturated rings. The van der Waals surface area contributed by atoms with Crippen LogP contribution in [0.15, 0.2) is 0 Å². The van der Waals surface area contributed by atoms with Crippen LogP contribution in [0.1, 0.15) is 38.5 Å². The lowest BCUT2D eigenvalue weighted by Gasteiger charge is -2.39. The Hall–Kier alpha value is -0.430. The van der Waals surface area contributed by atoms with Crippen LogP contribution in [0.4, 0.5) is 13.2 Å². The van der Waals surface area contributed by atoms with Gasteiger partial charge in [-0.2, -0.15) is 13.2 Å². The molecule has 116 valence electrons. The number of fused-ring (bicyclic) bond motifs is 1. The molecule has 0 aromatic rings. The van der Waals surface area contributed by atoms with Gasteiger partial charge in [-0.15, -0.1) is 0 Å². The Kier molecular flexibility index (Phi) is 5.60. The zero-order chi connectivity index (χ0) is 14.6. The fourth-order valence-corrected chi connectivity index (χ4v) is 3.60. The Bertz CT molecular complexity index is 338. The number of amides is 1. The van der Waals surface area contributed by atoms with Crippen molar-refractivity contribution in [1.29, 1.82) is 0 Å². The number of rotatable bonds is 4. The molecule has 0 aromatic heterocycles. The van der Waals surface area contributed by atoms with Gasteiger partial charge in [0.25, 0.3) is 0 Å². The number of nitrogens with one attached hydrogen (secondary N) is 2. The van der Waals surface area contributed by atoms with Crippen LogP contribution in [0.3, 0.4) is 0 Å². The minimum atomic E-state index is -4.22. The molecule has 0 radical (unpaired) electrons. The topological polar surface area (TPSA) is 41.1 Å². The molecule has 3 nitrogen and oxygen atoms in total. The second-order valence-corrected chi connectivity index (χ2v) is 6.69. The molecule has 1 aliphatic heterocycles. The van der Waals surface area contributed by atoms with Crippen LogP contribution in [0.2, 0.25) is 0 Å². The maximum atomic E-state index is 12.0. The molecule has 2 aliphatic rings. The first kappa shape index (κ1) is 15.9. The highest BCUT2D eigenvalue weighted by Crippen LogP contribution is 2.32. The van der Waals surface area contributed by atoms with E-state index in [1.165, 1.54) is 19.3 Å². The third-order valence-electron chi connectivity index (χ3n) is 4.13. The summed E-state index contributed by atoms with van der Waals surface area (Å²) in [6.45, 7) is 0.0648. The number of piperidine rings is 1. The third kappa shape index (κ3) is 4.84. The standard InChI is InChI=1S/C13H21F3N2OS/c14-13(15,16)20-8-7-17-12(19)11-6-5-9-3-1-2-4-10(9)18-11/h9-11,18H,1-8H2,(H,17,19). The number of halogens is 3. The second kappa shape index (κ2) is 7.02. The SMILES string of the molecule is O=C(NCCSC(F)(F)F)C1CCC2CCCCC2N1. The normalized spacial score (nSPS) is 30.6. The van der Waals surface area contributed by atoms with Gasteiger partial charge in [0.15, 0.2) is 0 Å². The van der Waals surface area contributed by atoms with E-state index in [4.69, 9.17) is 0 Å².